The van der Waals surface area contributed by atoms with E-state index in [-0.39, 0.29) is 35.3 Å². The molecule has 1 unspecified atom stereocenters. The third kappa shape index (κ3) is 4.90. The first-order chi connectivity index (χ1) is 17.0. The van der Waals surface area contributed by atoms with Gasteiger partial charge in [0.2, 0.25) is 5.91 Å². The Kier molecular flexibility index (Phi) is 6.49. The van der Waals surface area contributed by atoms with Gasteiger partial charge in [0.25, 0.3) is 5.91 Å². The molecule has 1 atom stereocenters. The quantitative estimate of drug-likeness (QED) is 0.711. The minimum atomic E-state index is -0.270. The Morgan fingerprint density at radius 2 is 1.77 bits per heavy atom. The minimum absolute atomic E-state index is 0.0381. The molecular formula is C26H33N5O4. The van der Waals surface area contributed by atoms with Crippen LogP contribution in [0.2, 0.25) is 0 Å². The van der Waals surface area contributed by atoms with Crippen LogP contribution in [0.25, 0.3) is 5.69 Å². The second-order valence-electron chi connectivity index (χ2n) is 9.88. The summed E-state index contributed by atoms with van der Waals surface area (Å²) < 4.78 is 6.83. The third-order valence-electron chi connectivity index (χ3n) is 7.80. The number of ether oxygens (including phenoxy) is 1. The lowest BCUT2D eigenvalue weighted by atomic mass is 9.90. The normalized spacial score (nSPS) is 21.6. The van der Waals surface area contributed by atoms with Crippen LogP contribution in [0.3, 0.4) is 0 Å². The van der Waals surface area contributed by atoms with Crippen molar-refractivity contribution >= 4 is 17.9 Å². The number of piperidine rings is 2. The van der Waals surface area contributed by atoms with Gasteiger partial charge in [-0.15, -0.1) is 0 Å². The lowest BCUT2D eigenvalue weighted by Crippen LogP contribution is -2.47. The molecule has 9 nitrogen and oxygen atoms in total. The van der Waals surface area contributed by atoms with E-state index in [2.05, 4.69) is 10.4 Å². The Bertz CT molecular complexity index is 1050. The van der Waals surface area contributed by atoms with E-state index in [4.69, 9.17) is 4.74 Å². The molecule has 1 aliphatic carbocycles. The molecule has 3 fully saturated rings. The van der Waals surface area contributed by atoms with E-state index in [9.17, 15) is 14.4 Å². The van der Waals surface area contributed by atoms with Gasteiger partial charge >= 0.3 is 6.09 Å². The fraction of sp³-hybridized carbons (Fsp3) is 0.538. The molecule has 3 heterocycles. The van der Waals surface area contributed by atoms with Gasteiger partial charge in [0.15, 0.2) is 0 Å². The molecule has 2 aromatic rings. The van der Waals surface area contributed by atoms with Crippen LogP contribution in [0, 0.1) is 11.3 Å². The zero-order valence-electron chi connectivity index (χ0n) is 20.2. The highest BCUT2D eigenvalue weighted by molar-refractivity contribution is 5.94. The maximum Gasteiger partial charge on any atom is 0.409 e. The Balaban J connectivity index is 1.08. The van der Waals surface area contributed by atoms with Gasteiger partial charge in [-0.05, 0) is 74.8 Å². The molecule has 186 valence electrons. The van der Waals surface area contributed by atoms with E-state index in [1.807, 2.05) is 41.4 Å². The standard InChI is InChI=1S/C26H33N5O4/c1-2-35-25(34)30-14-8-20(9-15-30)28-23(32)22-18-26(22)10-16-29(17-11-26)24(33)19-4-6-21(7-5-19)31-13-3-12-27-31/h3-7,12-13,20,22H,2,8-11,14-18H2,1H3,(H,28,32). The second-order valence-corrected chi connectivity index (χ2v) is 9.88. The summed E-state index contributed by atoms with van der Waals surface area (Å²) in [5.41, 5.74) is 1.63. The number of likely N-dealkylation sites (tertiary alicyclic amines) is 2. The van der Waals surface area contributed by atoms with Crippen molar-refractivity contribution in [1.82, 2.24) is 24.9 Å². The van der Waals surface area contributed by atoms with Crippen LogP contribution in [0.15, 0.2) is 42.7 Å². The van der Waals surface area contributed by atoms with Crippen molar-refractivity contribution in [1.29, 1.82) is 0 Å². The van der Waals surface area contributed by atoms with E-state index >= 15 is 0 Å². The highest BCUT2D eigenvalue weighted by atomic mass is 16.6. The molecule has 1 aromatic carbocycles. The number of nitrogens with zero attached hydrogens (tertiary/aromatic N) is 4. The molecule has 5 rings (SSSR count). The number of hydrogen-bond donors (Lipinski definition) is 1. The maximum atomic E-state index is 13.0. The molecule has 2 saturated heterocycles. The average molecular weight is 480 g/mol. The molecule has 0 radical (unpaired) electrons. The third-order valence-corrected chi connectivity index (χ3v) is 7.80. The average Bonchev–Trinajstić information content (AvgIpc) is 3.30. The summed E-state index contributed by atoms with van der Waals surface area (Å²) in [5, 5.41) is 7.43. The number of benzene rings is 1. The van der Waals surface area contributed by atoms with Crippen molar-refractivity contribution in [3.63, 3.8) is 0 Å². The Morgan fingerprint density at radius 3 is 2.40 bits per heavy atom. The van der Waals surface area contributed by atoms with Crippen LogP contribution in [0.1, 0.15) is 49.4 Å². The lowest BCUT2D eigenvalue weighted by Gasteiger charge is -2.34. The number of amides is 3. The SMILES string of the molecule is CCOC(=O)N1CCC(NC(=O)C2CC23CCN(C(=O)c2ccc(-n4cccn4)cc2)CC3)CC1. The van der Waals surface area contributed by atoms with E-state index in [0.29, 0.717) is 38.3 Å². The monoisotopic (exact) mass is 479 g/mol. The van der Waals surface area contributed by atoms with E-state index < -0.39 is 0 Å². The van der Waals surface area contributed by atoms with Gasteiger partial charge in [-0.3, -0.25) is 9.59 Å². The topological polar surface area (TPSA) is 96.8 Å². The molecule has 1 spiro atoms. The number of rotatable bonds is 5. The van der Waals surface area contributed by atoms with Crippen molar-refractivity contribution in [2.24, 2.45) is 11.3 Å². The van der Waals surface area contributed by atoms with Crippen LogP contribution in [-0.2, 0) is 9.53 Å². The highest BCUT2D eigenvalue weighted by Crippen LogP contribution is 2.59. The summed E-state index contributed by atoms with van der Waals surface area (Å²) in [5.74, 6) is 0.214. The van der Waals surface area contributed by atoms with Crippen LogP contribution in [0.4, 0.5) is 4.79 Å². The Morgan fingerprint density at radius 1 is 1.06 bits per heavy atom. The Labute approximate surface area is 205 Å². The highest BCUT2D eigenvalue weighted by Gasteiger charge is 2.58. The van der Waals surface area contributed by atoms with Gasteiger partial charge in [0.05, 0.1) is 12.3 Å². The van der Waals surface area contributed by atoms with Gasteiger partial charge in [-0.1, -0.05) is 0 Å². The van der Waals surface area contributed by atoms with Crippen molar-refractivity contribution in [3.8, 4) is 5.69 Å². The molecule has 0 bridgehead atoms. The molecule has 2 aliphatic heterocycles. The van der Waals surface area contributed by atoms with Crippen LogP contribution in [0.5, 0.6) is 0 Å². The number of nitrogens with one attached hydrogen (secondary N) is 1. The number of aromatic nitrogens is 2. The van der Waals surface area contributed by atoms with E-state index in [1.54, 1.807) is 22.7 Å². The van der Waals surface area contributed by atoms with Gasteiger partial charge in [0, 0.05) is 56.1 Å². The minimum Gasteiger partial charge on any atom is -0.450 e. The summed E-state index contributed by atoms with van der Waals surface area (Å²) in [6.07, 6.45) is 7.47. The predicted molar refractivity (Wildman–Crippen MR) is 129 cm³/mol. The maximum absolute atomic E-state index is 13.0. The van der Waals surface area contributed by atoms with Crippen LogP contribution >= 0.6 is 0 Å². The first-order valence-corrected chi connectivity index (χ1v) is 12.6. The fourth-order valence-corrected chi connectivity index (χ4v) is 5.51. The molecule has 1 N–H and O–H groups in total. The zero-order chi connectivity index (χ0) is 24.4. The van der Waals surface area contributed by atoms with Crippen molar-refractivity contribution in [2.45, 2.75) is 45.1 Å². The summed E-state index contributed by atoms with van der Waals surface area (Å²) in [4.78, 5) is 41.4. The van der Waals surface area contributed by atoms with E-state index in [0.717, 1.165) is 37.8 Å². The van der Waals surface area contributed by atoms with Gasteiger partial charge in [0.1, 0.15) is 0 Å². The van der Waals surface area contributed by atoms with Crippen LogP contribution < -0.4 is 5.32 Å². The van der Waals surface area contributed by atoms with Gasteiger partial charge in [-0.2, -0.15) is 5.10 Å². The number of carbonyl (C=O) groups excluding carboxylic acids is 3. The Hall–Kier alpha value is -3.36. The summed E-state index contributed by atoms with van der Waals surface area (Å²) in [6.45, 7) is 4.76. The largest absolute Gasteiger partial charge is 0.450 e. The molecule has 1 aromatic heterocycles. The number of carbonyl (C=O) groups is 3. The van der Waals surface area contributed by atoms with Crippen LogP contribution in [-0.4, -0.2) is 76.3 Å². The second kappa shape index (κ2) is 9.71. The molecule has 1 saturated carbocycles. The summed E-state index contributed by atoms with van der Waals surface area (Å²) in [7, 11) is 0. The number of hydrogen-bond acceptors (Lipinski definition) is 5. The first-order valence-electron chi connectivity index (χ1n) is 12.6. The van der Waals surface area contributed by atoms with Gasteiger partial charge < -0.3 is 19.9 Å². The molecule has 9 heteroatoms. The summed E-state index contributed by atoms with van der Waals surface area (Å²) >= 11 is 0. The van der Waals surface area contributed by atoms with Crippen molar-refractivity contribution in [3.05, 3.63) is 48.3 Å². The smallest absolute Gasteiger partial charge is 0.409 e. The zero-order valence-corrected chi connectivity index (χ0v) is 20.2. The van der Waals surface area contributed by atoms with Gasteiger partial charge in [-0.25, -0.2) is 9.48 Å². The first kappa shape index (κ1) is 23.4. The molecule has 3 amide bonds. The molecule has 3 aliphatic rings. The van der Waals surface area contributed by atoms with Crippen molar-refractivity contribution < 1.29 is 19.1 Å². The molecular weight excluding hydrogens is 446 g/mol. The fourth-order valence-electron chi connectivity index (χ4n) is 5.51. The van der Waals surface area contributed by atoms with E-state index in [1.165, 1.54) is 0 Å². The predicted octanol–water partition coefficient (Wildman–Crippen LogP) is 2.85. The molecule has 35 heavy (non-hydrogen) atoms. The van der Waals surface area contributed by atoms with Crippen molar-refractivity contribution in [2.75, 3.05) is 32.8 Å². The lowest BCUT2D eigenvalue weighted by molar-refractivity contribution is -0.124. The summed E-state index contributed by atoms with van der Waals surface area (Å²) in [6, 6.07) is 9.49.